The van der Waals surface area contributed by atoms with Crippen LogP contribution in [0.1, 0.15) is 165 Å². The molecule has 6 aliphatic carbocycles. The van der Waals surface area contributed by atoms with Crippen molar-refractivity contribution in [2.24, 2.45) is 40.4 Å². The Morgan fingerprint density at radius 1 is 0.646 bits per heavy atom. The lowest BCUT2D eigenvalue weighted by molar-refractivity contribution is -0.188. The number of ether oxygens (including phenoxy) is 2. The van der Waals surface area contributed by atoms with E-state index in [4.69, 9.17) is 9.47 Å². The molecule has 0 radical (unpaired) electrons. The van der Waals surface area contributed by atoms with E-state index >= 15 is 0 Å². The summed E-state index contributed by atoms with van der Waals surface area (Å²) in [6.45, 7) is 20.4. The average Bonchev–Trinajstić information content (AvgIpc) is 2.99. The number of rotatable bonds is 6. The smallest absolute Gasteiger partial charge is 0.306 e. The molecule has 0 aromatic carbocycles. The molecule has 8 unspecified atom stereocenters. The van der Waals surface area contributed by atoms with Crippen LogP contribution in [-0.2, 0) is 19.1 Å². The van der Waals surface area contributed by atoms with Crippen LogP contribution >= 0.6 is 0 Å². The highest BCUT2D eigenvalue weighted by molar-refractivity contribution is 5.73. The van der Waals surface area contributed by atoms with Gasteiger partial charge in [0, 0.05) is 24.7 Å². The second-order valence-corrected chi connectivity index (χ2v) is 18.7. The molecule has 0 aliphatic heterocycles. The lowest BCUT2D eigenvalue weighted by Gasteiger charge is -2.58. The fourth-order valence-corrected chi connectivity index (χ4v) is 12.5. The highest BCUT2D eigenvalue weighted by Crippen LogP contribution is 2.63. The molecule has 0 saturated heterocycles. The fourth-order valence-electron chi connectivity index (χ4n) is 12.5. The minimum absolute atomic E-state index is 0.106. The van der Waals surface area contributed by atoms with Crippen molar-refractivity contribution in [2.75, 3.05) is 0 Å². The van der Waals surface area contributed by atoms with Crippen molar-refractivity contribution >= 4 is 11.9 Å². The summed E-state index contributed by atoms with van der Waals surface area (Å²) in [5, 5.41) is 0. The molecule has 0 heterocycles. The topological polar surface area (TPSA) is 52.6 Å². The van der Waals surface area contributed by atoms with E-state index in [1.807, 2.05) is 6.92 Å². The minimum Gasteiger partial charge on any atom is -0.459 e. The first-order valence-electron chi connectivity index (χ1n) is 19.8. The molecule has 4 saturated carbocycles. The zero-order valence-corrected chi connectivity index (χ0v) is 32.0. The normalized spacial score (nSPS) is 39.8. The summed E-state index contributed by atoms with van der Waals surface area (Å²) in [5.74, 6) is 1.55. The number of carbonyl (C=O) groups is 2. The molecule has 4 fully saturated rings. The second-order valence-electron chi connectivity index (χ2n) is 18.7. The van der Waals surface area contributed by atoms with E-state index in [0.717, 1.165) is 64.2 Å². The quantitative estimate of drug-likeness (QED) is 0.267. The van der Waals surface area contributed by atoms with Gasteiger partial charge in [0.15, 0.2) is 0 Å². The molecule has 4 heteroatoms. The van der Waals surface area contributed by atoms with Gasteiger partial charge < -0.3 is 9.47 Å². The molecule has 0 aromatic rings. The maximum atomic E-state index is 13.6. The van der Waals surface area contributed by atoms with Gasteiger partial charge in [-0.05, 0) is 171 Å². The molecule has 0 bridgehead atoms. The Morgan fingerprint density at radius 3 is 1.42 bits per heavy atom. The number of carbonyl (C=O) groups excluding carboxylic acids is 2. The lowest BCUT2D eigenvalue weighted by atomic mass is 9.48. The van der Waals surface area contributed by atoms with E-state index in [-0.39, 0.29) is 41.5 Å². The number of fused-ring (bicyclic) bond motifs is 6. The van der Waals surface area contributed by atoms with Crippen molar-refractivity contribution in [1.82, 2.24) is 0 Å². The Morgan fingerprint density at radius 2 is 1.04 bits per heavy atom. The molecule has 8 atom stereocenters. The molecule has 0 N–H and O–H groups in total. The Hall–Kier alpha value is -2.10. The van der Waals surface area contributed by atoms with E-state index in [1.54, 1.807) is 11.1 Å². The molecule has 266 valence electrons. The van der Waals surface area contributed by atoms with Crippen molar-refractivity contribution < 1.29 is 19.1 Å². The van der Waals surface area contributed by atoms with Crippen molar-refractivity contribution in [2.45, 2.75) is 176 Å². The summed E-state index contributed by atoms with van der Waals surface area (Å²) < 4.78 is 13.0. The van der Waals surface area contributed by atoms with Crippen molar-refractivity contribution in [3.63, 3.8) is 0 Å². The Labute approximate surface area is 292 Å². The third kappa shape index (κ3) is 6.45. The Balaban J connectivity index is 1.06. The average molecular weight is 659 g/mol. The standard InChI is InChI=1S/C44H66O4/c1-28(2)31-12-16-35-33(26-31)14-18-37-41(35,6)20-10-22-43(37,8)47-39(45)24-30(5)25-40(46)48-44(9)23-11-21-42(7)36-17-13-32(29(3)4)27-34(36)15-19-38(42)44/h26-27,30,35-38H,10-25H2,1-9H3. The van der Waals surface area contributed by atoms with Gasteiger partial charge in [-0.15, -0.1) is 0 Å². The van der Waals surface area contributed by atoms with Crippen molar-refractivity contribution in [1.29, 1.82) is 0 Å². The molecular weight excluding hydrogens is 592 g/mol. The van der Waals surface area contributed by atoms with Crippen LogP contribution in [0.4, 0.5) is 0 Å². The number of esters is 2. The van der Waals surface area contributed by atoms with Crippen LogP contribution in [0.5, 0.6) is 0 Å². The number of hydrogen-bond acceptors (Lipinski definition) is 4. The third-order valence-electron chi connectivity index (χ3n) is 14.9. The first-order chi connectivity index (χ1) is 22.6. The highest BCUT2D eigenvalue weighted by Gasteiger charge is 2.58. The van der Waals surface area contributed by atoms with Gasteiger partial charge in [0.25, 0.3) is 0 Å². The number of allylic oxidation sites excluding steroid dienone is 8. The molecule has 6 rings (SSSR count). The van der Waals surface area contributed by atoms with E-state index in [1.165, 1.54) is 48.0 Å². The SMILES string of the molecule is CC(C)=C1C=C2CCC3C(C)(OC(=O)CC(C)CC(=O)OC4(C)CCCC5(C)C6CCC(=C(C)C)C=C6CCC45)CCCC3(C)C2CC1. The molecule has 4 nitrogen and oxygen atoms in total. The summed E-state index contributed by atoms with van der Waals surface area (Å²) in [4.78, 5) is 27.1. The van der Waals surface area contributed by atoms with E-state index in [9.17, 15) is 9.59 Å². The second kappa shape index (κ2) is 13.2. The molecule has 48 heavy (non-hydrogen) atoms. The van der Waals surface area contributed by atoms with Gasteiger partial charge in [0.05, 0.1) is 0 Å². The highest BCUT2D eigenvalue weighted by atomic mass is 16.6. The van der Waals surface area contributed by atoms with E-state index in [0.29, 0.717) is 23.7 Å². The van der Waals surface area contributed by atoms with Gasteiger partial charge in [0.2, 0.25) is 0 Å². The van der Waals surface area contributed by atoms with Crippen LogP contribution in [-0.4, -0.2) is 23.1 Å². The predicted molar refractivity (Wildman–Crippen MR) is 195 cm³/mol. The maximum Gasteiger partial charge on any atom is 0.306 e. The summed E-state index contributed by atoms with van der Waals surface area (Å²) in [6.07, 6.45) is 21.3. The number of hydrogen-bond donors (Lipinski definition) is 0. The fraction of sp³-hybridized carbons (Fsp3) is 0.773. The van der Waals surface area contributed by atoms with Gasteiger partial charge >= 0.3 is 11.9 Å². The summed E-state index contributed by atoms with van der Waals surface area (Å²) in [5.41, 5.74) is 8.68. The van der Waals surface area contributed by atoms with Gasteiger partial charge in [-0.2, -0.15) is 0 Å². The minimum atomic E-state index is -0.438. The molecule has 6 aliphatic rings. The van der Waals surface area contributed by atoms with Crippen LogP contribution in [0.15, 0.2) is 45.6 Å². The van der Waals surface area contributed by atoms with Crippen molar-refractivity contribution in [3.05, 3.63) is 45.6 Å². The van der Waals surface area contributed by atoms with Gasteiger partial charge in [-0.3, -0.25) is 9.59 Å². The van der Waals surface area contributed by atoms with E-state index < -0.39 is 11.2 Å². The molecule has 0 aromatic heterocycles. The molecule has 0 spiro atoms. The van der Waals surface area contributed by atoms with Crippen LogP contribution in [0.2, 0.25) is 0 Å². The molecule has 0 amide bonds. The predicted octanol–water partition coefficient (Wildman–Crippen LogP) is 11.6. The van der Waals surface area contributed by atoms with Crippen LogP contribution in [0.3, 0.4) is 0 Å². The summed E-state index contributed by atoms with van der Waals surface area (Å²) in [6, 6.07) is 0. The maximum absolute atomic E-state index is 13.6. The first-order valence-corrected chi connectivity index (χ1v) is 19.8. The lowest BCUT2D eigenvalue weighted by Crippen LogP contribution is -2.56. The zero-order chi connectivity index (χ0) is 34.6. The zero-order valence-electron chi connectivity index (χ0n) is 32.0. The summed E-state index contributed by atoms with van der Waals surface area (Å²) in [7, 11) is 0. The van der Waals surface area contributed by atoms with Crippen LogP contribution in [0.25, 0.3) is 0 Å². The first kappa shape index (κ1) is 35.7. The molecular formula is C44H66O4. The van der Waals surface area contributed by atoms with Crippen LogP contribution in [0, 0.1) is 40.4 Å². The largest absolute Gasteiger partial charge is 0.459 e. The monoisotopic (exact) mass is 658 g/mol. The van der Waals surface area contributed by atoms with Gasteiger partial charge in [-0.25, -0.2) is 0 Å². The van der Waals surface area contributed by atoms with E-state index in [2.05, 4.69) is 67.5 Å². The van der Waals surface area contributed by atoms with Crippen molar-refractivity contribution in [3.8, 4) is 0 Å². The van der Waals surface area contributed by atoms with Gasteiger partial charge in [-0.1, -0.05) is 55.2 Å². The van der Waals surface area contributed by atoms with Crippen LogP contribution < -0.4 is 0 Å². The Kier molecular flexibility index (Phi) is 9.84. The summed E-state index contributed by atoms with van der Waals surface area (Å²) >= 11 is 0. The Bertz CT molecular complexity index is 1310. The van der Waals surface area contributed by atoms with Gasteiger partial charge in [0.1, 0.15) is 11.2 Å². The third-order valence-corrected chi connectivity index (χ3v) is 14.9.